The van der Waals surface area contributed by atoms with E-state index >= 15 is 0 Å². The average molecular weight is 596 g/mol. The second kappa shape index (κ2) is 11.6. The number of carbonyl (C=O) groups is 1. The Morgan fingerprint density at radius 3 is 2.17 bits per heavy atom. The van der Waals surface area contributed by atoms with E-state index in [1.54, 1.807) is 35.2 Å². The van der Waals surface area contributed by atoms with Gasteiger partial charge >= 0.3 is 0 Å². The summed E-state index contributed by atoms with van der Waals surface area (Å²) >= 11 is 3.30. The SMILES string of the molecule is CCN1C(=CC2=C(SCc3ccc([N+](=O)[O-])cc3)/C(=C\c3sc4ccccc4[n+]3CC)C2=O)N(CC)c2ccccc21. The Hall–Kier alpha value is -4.21. The monoisotopic (exact) mass is 595 g/mol. The molecule has 212 valence electrons. The molecule has 0 atom stereocenters. The van der Waals surface area contributed by atoms with E-state index in [4.69, 9.17) is 0 Å². The van der Waals surface area contributed by atoms with Crippen LogP contribution in [0.4, 0.5) is 17.1 Å². The Morgan fingerprint density at radius 2 is 1.55 bits per heavy atom. The number of non-ortho nitro benzene ring substituents is 1. The fourth-order valence-corrected chi connectivity index (χ4v) is 7.88. The number of thiazole rings is 1. The van der Waals surface area contributed by atoms with Gasteiger partial charge in [-0.2, -0.15) is 4.57 Å². The summed E-state index contributed by atoms with van der Waals surface area (Å²) in [4.78, 5) is 30.1. The Balaban J connectivity index is 1.43. The summed E-state index contributed by atoms with van der Waals surface area (Å²) in [7, 11) is 0. The molecule has 0 amide bonds. The van der Waals surface area contributed by atoms with Crippen molar-refractivity contribution >= 4 is 62.2 Å². The van der Waals surface area contributed by atoms with Crippen LogP contribution in [0.15, 0.2) is 101 Å². The Labute approximate surface area is 253 Å². The number of Topliss-reactive ketones (excluding diaryl/α,β-unsaturated/α-hetero) is 1. The van der Waals surface area contributed by atoms with Gasteiger partial charge in [-0.15, -0.1) is 11.8 Å². The lowest BCUT2D eigenvalue weighted by atomic mass is 9.89. The number of hydrogen-bond donors (Lipinski definition) is 0. The number of anilines is 2. The average Bonchev–Trinajstić information content (AvgIpc) is 3.53. The van der Waals surface area contributed by atoms with E-state index in [9.17, 15) is 14.9 Å². The lowest BCUT2D eigenvalue weighted by Crippen LogP contribution is -2.34. The number of thioether (sulfide) groups is 1. The smallest absolute Gasteiger partial charge is 0.269 e. The highest BCUT2D eigenvalue weighted by atomic mass is 32.2. The van der Waals surface area contributed by atoms with Crippen molar-refractivity contribution < 1.29 is 14.3 Å². The number of rotatable bonds is 9. The largest absolute Gasteiger partial charge is 0.326 e. The van der Waals surface area contributed by atoms with Gasteiger partial charge in [-0.1, -0.05) is 47.7 Å². The van der Waals surface area contributed by atoms with Crippen molar-refractivity contribution in [3.05, 3.63) is 121 Å². The van der Waals surface area contributed by atoms with Gasteiger partial charge in [-0.05, 0) is 50.6 Å². The summed E-state index contributed by atoms with van der Waals surface area (Å²) in [6, 6.07) is 23.3. The maximum atomic E-state index is 13.9. The maximum absolute atomic E-state index is 13.9. The molecule has 0 radical (unpaired) electrons. The van der Waals surface area contributed by atoms with E-state index in [-0.39, 0.29) is 16.4 Å². The van der Waals surface area contributed by atoms with E-state index in [1.165, 1.54) is 16.8 Å². The molecular weight excluding hydrogens is 565 g/mol. The van der Waals surface area contributed by atoms with Crippen molar-refractivity contribution in [2.45, 2.75) is 33.1 Å². The normalized spacial score (nSPS) is 15.5. The van der Waals surface area contributed by atoms with Crippen LogP contribution in [0.1, 0.15) is 31.3 Å². The summed E-state index contributed by atoms with van der Waals surface area (Å²) in [6.45, 7) is 8.75. The lowest BCUT2D eigenvalue weighted by Gasteiger charge is -2.28. The van der Waals surface area contributed by atoms with E-state index < -0.39 is 0 Å². The molecule has 2 heterocycles. The molecule has 6 rings (SSSR count). The van der Waals surface area contributed by atoms with Crippen LogP contribution in [0.2, 0.25) is 0 Å². The zero-order valence-electron chi connectivity index (χ0n) is 23.7. The van der Waals surface area contributed by atoms with E-state index in [2.05, 4.69) is 59.4 Å². The summed E-state index contributed by atoms with van der Waals surface area (Å²) in [5.41, 5.74) is 5.91. The molecule has 0 bridgehead atoms. The summed E-state index contributed by atoms with van der Waals surface area (Å²) < 4.78 is 3.44. The molecule has 1 aliphatic carbocycles. The van der Waals surface area contributed by atoms with Gasteiger partial charge in [-0.25, -0.2) is 0 Å². The number of para-hydroxylation sites is 3. The van der Waals surface area contributed by atoms with Crippen molar-refractivity contribution in [1.82, 2.24) is 0 Å². The van der Waals surface area contributed by atoms with Crippen molar-refractivity contribution in [2.75, 3.05) is 22.9 Å². The number of aryl methyl sites for hydroxylation is 1. The Morgan fingerprint density at radius 1 is 0.905 bits per heavy atom. The fourth-order valence-electron chi connectivity index (χ4n) is 5.59. The number of fused-ring (bicyclic) bond motifs is 2. The molecule has 0 saturated carbocycles. The zero-order chi connectivity index (χ0) is 29.4. The minimum Gasteiger partial charge on any atom is -0.326 e. The first-order valence-corrected chi connectivity index (χ1v) is 15.9. The fraction of sp³-hybridized carbons (Fsp3) is 0.212. The van der Waals surface area contributed by atoms with Crippen LogP contribution in [0.5, 0.6) is 0 Å². The van der Waals surface area contributed by atoms with Gasteiger partial charge in [-0.3, -0.25) is 14.9 Å². The molecule has 7 nitrogen and oxygen atoms in total. The van der Waals surface area contributed by atoms with Crippen molar-refractivity contribution in [3.8, 4) is 0 Å². The van der Waals surface area contributed by atoms with Crippen LogP contribution in [-0.2, 0) is 17.1 Å². The lowest BCUT2D eigenvalue weighted by molar-refractivity contribution is -0.665. The first-order chi connectivity index (χ1) is 20.4. The number of hydrogen-bond acceptors (Lipinski definition) is 7. The number of allylic oxidation sites excluding steroid dienone is 3. The third kappa shape index (κ3) is 4.82. The third-order valence-electron chi connectivity index (χ3n) is 7.65. The summed E-state index contributed by atoms with van der Waals surface area (Å²) in [6.07, 6.45) is 4.08. The summed E-state index contributed by atoms with van der Waals surface area (Å²) in [5, 5.41) is 12.2. The van der Waals surface area contributed by atoms with Crippen molar-refractivity contribution in [1.29, 1.82) is 0 Å². The molecule has 0 fully saturated rings. The molecule has 1 aromatic heterocycles. The first-order valence-electron chi connectivity index (χ1n) is 14.1. The predicted molar refractivity (Wildman–Crippen MR) is 173 cm³/mol. The predicted octanol–water partition coefficient (Wildman–Crippen LogP) is 7.48. The molecule has 0 saturated heterocycles. The molecular formula is C33H31N4O3S2+. The maximum Gasteiger partial charge on any atom is 0.269 e. The second-order valence-corrected chi connectivity index (χ2v) is 12.0. The van der Waals surface area contributed by atoms with Gasteiger partial charge in [0.2, 0.25) is 5.52 Å². The molecule has 1 aliphatic heterocycles. The van der Waals surface area contributed by atoms with Crippen LogP contribution in [0.25, 0.3) is 16.3 Å². The minimum absolute atomic E-state index is 0.0388. The number of ketones is 1. The highest BCUT2D eigenvalue weighted by molar-refractivity contribution is 8.02. The number of nitro benzene ring substituents is 1. The molecule has 0 unspecified atom stereocenters. The topological polar surface area (TPSA) is 70.6 Å². The van der Waals surface area contributed by atoms with Crippen LogP contribution in [0.3, 0.4) is 0 Å². The highest BCUT2D eigenvalue weighted by Gasteiger charge is 2.37. The quantitative estimate of drug-likeness (QED) is 0.0865. The van der Waals surface area contributed by atoms with Crippen molar-refractivity contribution in [2.24, 2.45) is 0 Å². The molecule has 3 aromatic carbocycles. The number of nitrogens with zero attached hydrogens (tertiary/aromatic N) is 4. The summed E-state index contributed by atoms with van der Waals surface area (Å²) in [5.74, 6) is 1.64. The van der Waals surface area contributed by atoms with Crippen LogP contribution >= 0.6 is 23.1 Å². The van der Waals surface area contributed by atoms with Gasteiger partial charge < -0.3 is 9.80 Å². The van der Waals surface area contributed by atoms with Gasteiger partial charge in [0.25, 0.3) is 10.7 Å². The number of aromatic nitrogens is 1. The van der Waals surface area contributed by atoms with E-state index in [0.717, 1.165) is 57.8 Å². The standard InChI is InChI=1S/C33H31N4O3S2/c1-4-34-26-11-7-8-12-27(26)35(5-2)30(34)19-24-32(38)25(20-31-36(6-3)28-13-9-10-14-29(28)42-31)33(24)41-21-22-15-17-23(18-16-22)37(39)40/h7-20H,4-6,21H2,1-3H3/q+1. The van der Waals surface area contributed by atoms with E-state index in [1.807, 2.05) is 36.4 Å². The van der Waals surface area contributed by atoms with Crippen molar-refractivity contribution in [3.63, 3.8) is 0 Å². The highest BCUT2D eigenvalue weighted by Crippen LogP contribution is 2.46. The van der Waals surface area contributed by atoms with Crippen LogP contribution in [0, 0.1) is 10.1 Å². The number of nitro groups is 1. The molecule has 0 spiro atoms. The Bertz CT molecular complexity index is 1770. The van der Waals surface area contributed by atoms with Crippen LogP contribution < -0.4 is 14.4 Å². The van der Waals surface area contributed by atoms with Gasteiger partial charge in [0, 0.05) is 59.2 Å². The molecule has 0 N–H and O–H groups in total. The molecule has 2 aliphatic rings. The van der Waals surface area contributed by atoms with Gasteiger partial charge in [0.1, 0.15) is 17.1 Å². The van der Waals surface area contributed by atoms with Gasteiger partial charge in [0.15, 0.2) is 5.78 Å². The number of benzene rings is 3. The molecule has 9 heteroatoms. The number of carbonyl (C=O) groups excluding carboxylic acids is 1. The molecule has 4 aromatic rings. The first kappa shape index (κ1) is 27.9. The van der Waals surface area contributed by atoms with Crippen LogP contribution in [-0.4, -0.2) is 23.8 Å². The van der Waals surface area contributed by atoms with Gasteiger partial charge in [0.05, 0.1) is 16.3 Å². The second-order valence-electron chi connectivity index (χ2n) is 9.97. The third-order valence-corrected chi connectivity index (χ3v) is 9.97. The Kier molecular flexibility index (Phi) is 7.70. The minimum atomic E-state index is -0.387. The molecule has 42 heavy (non-hydrogen) atoms. The van der Waals surface area contributed by atoms with E-state index in [0.29, 0.717) is 16.9 Å². The zero-order valence-corrected chi connectivity index (χ0v) is 25.4.